The molecule has 0 radical (unpaired) electrons. The third-order valence-electron chi connectivity index (χ3n) is 4.73. The van der Waals surface area contributed by atoms with E-state index in [2.05, 4.69) is 36.4 Å². The summed E-state index contributed by atoms with van der Waals surface area (Å²) in [5.41, 5.74) is 4.18. The number of carbonyl (C=O) groups is 1. The minimum absolute atomic E-state index is 0.0330. The molecule has 2 aliphatic heterocycles. The van der Waals surface area contributed by atoms with Crippen molar-refractivity contribution in [2.45, 2.75) is 32.2 Å². The van der Waals surface area contributed by atoms with Crippen LogP contribution < -0.4 is 5.32 Å². The Hall–Kier alpha value is -2.60. The fourth-order valence-corrected chi connectivity index (χ4v) is 4.21. The van der Waals surface area contributed by atoms with Crippen LogP contribution in [0, 0.1) is 0 Å². The quantitative estimate of drug-likeness (QED) is 0.822. The Labute approximate surface area is 163 Å². The fourth-order valence-electron chi connectivity index (χ4n) is 3.41. The number of rotatable bonds is 4. The third-order valence-corrected chi connectivity index (χ3v) is 5.67. The van der Waals surface area contributed by atoms with Crippen molar-refractivity contribution in [2.24, 2.45) is 10.1 Å². The van der Waals surface area contributed by atoms with Gasteiger partial charge in [-0.15, -0.1) is 0 Å². The van der Waals surface area contributed by atoms with Gasteiger partial charge in [0.25, 0.3) is 0 Å². The standard InChI is InChI=1S/C21H22N4OS/c1-14(2)15-7-3-5-9-17(15)23-20(26)13-27-21-24-18-10-6-4-8-16(18)19-11-12-22-25(19)21/h3-10,12,14,19H,11,13H2,1-2H3,(H,23,26)/t19-/m0/s1. The van der Waals surface area contributed by atoms with Crippen LogP contribution in [0.3, 0.4) is 0 Å². The van der Waals surface area contributed by atoms with Gasteiger partial charge in [-0.05, 0) is 23.6 Å². The zero-order valence-corrected chi connectivity index (χ0v) is 16.2. The van der Waals surface area contributed by atoms with E-state index in [1.165, 1.54) is 17.3 Å². The van der Waals surface area contributed by atoms with Gasteiger partial charge in [0, 0.05) is 23.9 Å². The van der Waals surface area contributed by atoms with Crippen LogP contribution in [-0.4, -0.2) is 28.1 Å². The highest BCUT2D eigenvalue weighted by atomic mass is 32.2. The number of aliphatic imine (C=N–C) groups is 1. The van der Waals surface area contributed by atoms with Crippen molar-refractivity contribution in [1.29, 1.82) is 0 Å². The first-order valence-corrected chi connectivity index (χ1v) is 10.1. The van der Waals surface area contributed by atoms with E-state index in [9.17, 15) is 4.79 Å². The Bertz CT molecular complexity index is 922. The topological polar surface area (TPSA) is 57.1 Å². The van der Waals surface area contributed by atoms with Gasteiger partial charge in [-0.25, -0.2) is 10.0 Å². The number of fused-ring (bicyclic) bond motifs is 3. The van der Waals surface area contributed by atoms with Crippen LogP contribution >= 0.6 is 11.8 Å². The highest BCUT2D eigenvalue weighted by molar-refractivity contribution is 8.14. The second kappa shape index (κ2) is 7.56. The van der Waals surface area contributed by atoms with E-state index in [4.69, 9.17) is 4.99 Å². The molecule has 0 saturated carbocycles. The SMILES string of the molecule is CC(C)c1ccccc1NC(=O)CSC1=Nc2ccccc2[C@@H]2CC=NN12. The maximum absolute atomic E-state index is 12.5. The minimum Gasteiger partial charge on any atom is -0.325 e. The number of amidine groups is 1. The zero-order valence-electron chi connectivity index (χ0n) is 15.4. The van der Waals surface area contributed by atoms with Crippen molar-refractivity contribution in [1.82, 2.24) is 5.01 Å². The lowest BCUT2D eigenvalue weighted by Gasteiger charge is -2.29. The molecule has 0 unspecified atom stereocenters. The molecule has 2 aromatic rings. The number of hydrogen-bond donors (Lipinski definition) is 1. The summed E-state index contributed by atoms with van der Waals surface area (Å²) in [5.74, 6) is 0.620. The van der Waals surface area contributed by atoms with Crippen LogP contribution in [0.25, 0.3) is 0 Å². The Morgan fingerprint density at radius 1 is 1.22 bits per heavy atom. The number of hydrogen-bond acceptors (Lipinski definition) is 5. The molecule has 2 aliphatic rings. The Balaban J connectivity index is 1.47. The maximum atomic E-state index is 12.5. The fraction of sp³-hybridized carbons (Fsp3) is 0.286. The number of benzene rings is 2. The van der Waals surface area contributed by atoms with Gasteiger partial charge in [-0.2, -0.15) is 5.10 Å². The highest BCUT2D eigenvalue weighted by Gasteiger charge is 2.32. The molecule has 5 nitrogen and oxygen atoms in total. The minimum atomic E-state index is -0.0330. The van der Waals surface area contributed by atoms with E-state index < -0.39 is 0 Å². The smallest absolute Gasteiger partial charge is 0.234 e. The van der Waals surface area contributed by atoms with Gasteiger partial charge in [0.2, 0.25) is 5.91 Å². The monoisotopic (exact) mass is 378 g/mol. The lowest BCUT2D eigenvalue weighted by atomic mass is 10.0. The molecule has 0 spiro atoms. The van der Waals surface area contributed by atoms with E-state index in [1.807, 2.05) is 47.6 Å². The summed E-state index contributed by atoms with van der Waals surface area (Å²) < 4.78 is 0. The Morgan fingerprint density at radius 2 is 2.00 bits per heavy atom. The third kappa shape index (κ3) is 3.62. The lowest BCUT2D eigenvalue weighted by molar-refractivity contribution is -0.113. The molecule has 1 amide bonds. The first-order valence-electron chi connectivity index (χ1n) is 9.14. The molecule has 2 heterocycles. The van der Waals surface area contributed by atoms with E-state index in [0.717, 1.165) is 28.5 Å². The van der Waals surface area contributed by atoms with Crippen LogP contribution in [0.5, 0.6) is 0 Å². The molecule has 138 valence electrons. The summed E-state index contributed by atoms with van der Waals surface area (Å²) in [7, 11) is 0. The number of hydrazone groups is 1. The average molecular weight is 379 g/mol. The number of amides is 1. The number of thioether (sulfide) groups is 1. The van der Waals surface area contributed by atoms with Crippen LogP contribution in [0.4, 0.5) is 11.4 Å². The van der Waals surface area contributed by atoms with Gasteiger partial charge in [0.05, 0.1) is 17.5 Å². The van der Waals surface area contributed by atoms with Crippen molar-refractivity contribution >= 4 is 40.4 Å². The van der Waals surface area contributed by atoms with E-state index in [-0.39, 0.29) is 11.9 Å². The molecule has 2 aromatic carbocycles. The Kier molecular flexibility index (Phi) is 4.99. The van der Waals surface area contributed by atoms with Crippen molar-refractivity contribution in [3.63, 3.8) is 0 Å². The van der Waals surface area contributed by atoms with Crippen molar-refractivity contribution < 1.29 is 4.79 Å². The summed E-state index contributed by atoms with van der Waals surface area (Å²) in [5, 5.41) is 10.2. The van der Waals surface area contributed by atoms with E-state index in [0.29, 0.717) is 11.7 Å². The van der Waals surface area contributed by atoms with Gasteiger partial charge >= 0.3 is 0 Å². The molecule has 4 rings (SSSR count). The van der Waals surface area contributed by atoms with Crippen LogP contribution in [0.2, 0.25) is 0 Å². The normalized spacial score (nSPS) is 17.5. The molecule has 0 bridgehead atoms. The van der Waals surface area contributed by atoms with Crippen LogP contribution in [0.15, 0.2) is 58.6 Å². The van der Waals surface area contributed by atoms with Gasteiger partial charge in [0.1, 0.15) is 0 Å². The predicted octanol–water partition coefficient (Wildman–Crippen LogP) is 4.92. The molecule has 1 atom stereocenters. The summed E-state index contributed by atoms with van der Waals surface area (Å²) in [6.45, 7) is 4.25. The predicted molar refractivity (Wildman–Crippen MR) is 113 cm³/mol. The summed E-state index contributed by atoms with van der Waals surface area (Å²) in [6, 6.07) is 16.3. The molecule has 0 aliphatic carbocycles. The molecule has 0 aromatic heterocycles. The number of para-hydroxylation sites is 2. The van der Waals surface area contributed by atoms with E-state index in [1.54, 1.807) is 0 Å². The molecular weight excluding hydrogens is 356 g/mol. The van der Waals surface area contributed by atoms with Crippen molar-refractivity contribution in [3.8, 4) is 0 Å². The number of nitrogens with one attached hydrogen (secondary N) is 1. The molecule has 27 heavy (non-hydrogen) atoms. The number of anilines is 1. The molecular formula is C21H22N4OS. The maximum Gasteiger partial charge on any atom is 0.234 e. The first-order chi connectivity index (χ1) is 13.1. The molecule has 6 heteroatoms. The van der Waals surface area contributed by atoms with E-state index >= 15 is 0 Å². The molecule has 0 fully saturated rings. The molecule has 1 N–H and O–H groups in total. The van der Waals surface area contributed by atoms with Crippen molar-refractivity contribution in [2.75, 3.05) is 11.1 Å². The largest absolute Gasteiger partial charge is 0.325 e. The first kappa shape index (κ1) is 17.8. The number of carbonyl (C=O) groups excluding carboxylic acids is 1. The lowest BCUT2D eigenvalue weighted by Crippen LogP contribution is -2.29. The van der Waals surface area contributed by atoms with Crippen LogP contribution in [-0.2, 0) is 4.79 Å². The van der Waals surface area contributed by atoms with Crippen LogP contribution in [0.1, 0.15) is 43.4 Å². The average Bonchev–Trinajstić information content (AvgIpc) is 3.17. The highest BCUT2D eigenvalue weighted by Crippen LogP contribution is 2.40. The molecule has 0 saturated heterocycles. The Morgan fingerprint density at radius 3 is 2.85 bits per heavy atom. The van der Waals surface area contributed by atoms with Gasteiger partial charge < -0.3 is 5.32 Å². The van der Waals surface area contributed by atoms with Crippen molar-refractivity contribution in [3.05, 3.63) is 59.7 Å². The van der Waals surface area contributed by atoms with Gasteiger partial charge in [0.15, 0.2) is 5.17 Å². The summed E-state index contributed by atoms with van der Waals surface area (Å²) in [4.78, 5) is 17.2. The number of nitrogens with zero attached hydrogens (tertiary/aromatic N) is 3. The summed E-state index contributed by atoms with van der Waals surface area (Å²) >= 11 is 1.43. The van der Waals surface area contributed by atoms with Gasteiger partial charge in [-0.1, -0.05) is 62.0 Å². The van der Waals surface area contributed by atoms with Gasteiger partial charge in [-0.3, -0.25) is 4.79 Å². The second-order valence-electron chi connectivity index (χ2n) is 6.93. The summed E-state index contributed by atoms with van der Waals surface area (Å²) in [6.07, 6.45) is 2.78. The second-order valence-corrected chi connectivity index (χ2v) is 7.87. The zero-order chi connectivity index (χ0) is 18.8.